The van der Waals surface area contributed by atoms with Crippen molar-refractivity contribution in [1.82, 2.24) is 20.0 Å². The number of guanidine groups is 1. The minimum Gasteiger partial charge on any atom is -0.357 e. The molecule has 174 valence electrons. The van der Waals surface area contributed by atoms with Crippen LogP contribution in [-0.2, 0) is 4.79 Å². The van der Waals surface area contributed by atoms with Crippen molar-refractivity contribution in [1.29, 1.82) is 0 Å². The van der Waals surface area contributed by atoms with E-state index < -0.39 is 11.6 Å². The second-order valence-corrected chi connectivity index (χ2v) is 8.12. The molecule has 6 nitrogen and oxygen atoms in total. The van der Waals surface area contributed by atoms with Gasteiger partial charge in [-0.05, 0) is 37.5 Å². The minimum absolute atomic E-state index is 0. The van der Waals surface area contributed by atoms with Gasteiger partial charge in [0.05, 0.1) is 6.54 Å². The molecule has 0 aromatic heterocycles. The third kappa shape index (κ3) is 7.27. The third-order valence-corrected chi connectivity index (χ3v) is 5.85. The molecule has 0 aliphatic carbocycles. The van der Waals surface area contributed by atoms with E-state index in [1.54, 1.807) is 6.07 Å². The van der Waals surface area contributed by atoms with E-state index in [-0.39, 0.29) is 35.8 Å². The summed E-state index contributed by atoms with van der Waals surface area (Å²) in [6, 6.07) is 4.03. The first kappa shape index (κ1) is 25.8. The summed E-state index contributed by atoms with van der Waals surface area (Å²) in [6.45, 7) is 10.8. The van der Waals surface area contributed by atoms with Crippen LogP contribution in [0.25, 0.3) is 0 Å². The second-order valence-electron chi connectivity index (χ2n) is 8.12. The number of hydrogen-bond acceptors (Lipinski definition) is 3. The molecule has 2 fully saturated rings. The summed E-state index contributed by atoms with van der Waals surface area (Å²) >= 11 is 0. The molecule has 1 atom stereocenters. The molecule has 2 heterocycles. The number of carbonyl (C=O) groups is 1. The van der Waals surface area contributed by atoms with Crippen LogP contribution in [0.4, 0.5) is 8.78 Å². The highest BCUT2D eigenvalue weighted by atomic mass is 127. The molecule has 1 N–H and O–H groups in total. The molecule has 31 heavy (non-hydrogen) atoms. The number of likely N-dealkylation sites (tertiary alicyclic amines) is 1. The molecule has 9 heteroatoms. The van der Waals surface area contributed by atoms with Crippen LogP contribution in [0, 0.1) is 11.6 Å². The molecule has 2 aliphatic rings. The Balaban J connectivity index is 0.00000341. The van der Waals surface area contributed by atoms with Crippen molar-refractivity contribution in [3.8, 4) is 0 Å². The number of aliphatic imine (C=N–C) groups is 1. The Labute approximate surface area is 201 Å². The second kappa shape index (κ2) is 12.5. The number of nitrogens with one attached hydrogen (secondary N) is 1. The average Bonchev–Trinajstić information content (AvgIpc) is 3.28. The van der Waals surface area contributed by atoms with Gasteiger partial charge in [0.25, 0.3) is 0 Å². The van der Waals surface area contributed by atoms with Crippen molar-refractivity contribution in [2.24, 2.45) is 4.99 Å². The fourth-order valence-corrected chi connectivity index (χ4v) is 3.95. The number of amides is 1. The van der Waals surface area contributed by atoms with Crippen LogP contribution < -0.4 is 5.32 Å². The van der Waals surface area contributed by atoms with E-state index in [1.807, 2.05) is 18.7 Å². The topological polar surface area (TPSA) is 51.2 Å². The average molecular weight is 549 g/mol. The molecule has 0 spiro atoms. The molecule has 3 rings (SSSR count). The van der Waals surface area contributed by atoms with Gasteiger partial charge in [-0.3, -0.25) is 14.7 Å². The maximum absolute atomic E-state index is 13.5. The van der Waals surface area contributed by atoms with E-state index in [4.69, 9.17) is 4.99 Å². The summed E-state index contributed by atoms with van der Waals surface area (Å²) in [5.74, 6) is -0.605. The van der Waals surface area contributed by atoms with Gasteiger partial charge in [-0.25, -0.2) is 8.78 Å². The normalized spacial score (nSPS) is 18.6. The number of nitrogens with zero attached hydrogens (tertiary/aromatic N) is 4. The van der Waals surface area contributed by atoms with Crippen molar-refractivity contribution in [2.45, 2.75) is 32.6 Å². The molecule has 2 saturated heterocycles. The maximum atomic E-state index is 13.5. The quantitative estimate of drug-likeness (QED) is 0.337. The van der Waals surface area contributed by atoms with Crippen LogP contribution in [0.1, 0.15) is 38.2 Å². The van der Waals surface area contributed by atoms with Gasteiger partial charge in [-0.15, -0.1) is 24.0 Å². The summed E-state index contributed by atoms with van der Waals surface area (Å²) in [5.41, 5.74) is 0.735. The minimum atomic E-state index is -0.830. The van der Waals surface area contributed by atoms with Crippen molar-refractivity contribution < 1.29 is 13.6 Å². The van der Waals surface area contributed by atoms with Gasteiger partial charge >= 0.3 is 0 Å². The van der Waals surface area contributed by atoms with Crippen LogP contribution in [0.3, 0.4) is 0 Å². The zero-order valence-corrected chi connectivity index (χ0v) is 20.8. The van der Waals surface area contributed by atoms with E-state index in [0.29, 0.717) is 13.1 Å². The lowest BCUT2D eigenvalue weighted by atomic mass is 10.0. The number of carbonyl (C=O) groups excluding carboxylic acids is 1. The summed E-state index contributed by atoms with van der Waals surface area (Å²) < 4.78 is 26.7. The smallest absolute Gasteiger partial charge is 0.236 e. The monoisotopic (exact) mass is 549 g/mol. The van der Waals surface area contributed by atoms with Crippen molar-refractivity contribution in [3.63, 3.8) is 0 Å². The van der Waals surface area contributed by atoms with E-state index >= 15 is 0 Å². The van der Waals surface area contributed by atoms with Crippen molar-refractivity contribution in [2.75, 3.05) is 58.9 Å². The fourth-order valence-electron chi connectivity index (χ4n) is 3.95. The standard InChI is InChI=1S/C22H33F2N5O.HI/c1-3-25-22(26-15-17(2)18-6-7-19(23)20(24)14-18)29-12-10-27(11-13-29)16-21(30)28-8-4-5-9-28;/h6-7,14,17H,3-5,8-13,15-16H2,1-2H3,(H,25,26);1H. The SMILES string of the molecule is CCNC(=NCC(C)c1ccc(F)c(F)c1)N1CCN(CC(=O)N2CCCC2)CC1.I. The lowest BCUT2D eigenvalue weighted by Gasteiger charge is -2.36. The van der Waals surface area contributed by atoms with E-state index in [1.165, 1.54) is 12.1 Å². The summed E-state index contributed by atoms with van der Waals surface area (Å²) in [4.78, 5) is 23.5. The number of piperazine rings is 1. The first-order valence-corrected chi connectivity index (χ1v) is 11.0. The van der Waals surface area contributed by atoms with Crippen molar-refractivity contribution in [3.05, 3.63) is 35.4 Å². The number of rotatable bonds is 6. The van der Waals surface area contributed by atoms with Crippen LogP contribution in [-0.4, -0.2) is 85.5 Å². The van der Waals surface area contributed by atoms with Crippen LogP contribution in [0.2, 0.25) is 0 Å². The Kier molecular flexibility index (Phi) is 10.4. The first-order valence-electron chi connectivity index (χ1n) is 11.0. The first-order chi connectivity index (χ1) is 14.5. The Morgan fingerprint density at radius 3 is 2.35 bits per heavy atom. The van der Waals surface area contributed by atoms with Gasteiger partial charge in [0.15, 0.2) is 17.6 Å². The lowest BCUT2D eigenvalue weighted by molar-refractivity contribution is -0.131. The molecular weight excluding hydrogens is 515 g/mol. The van der Waals surface area contributed by atoms with Gasteiger partial charge in [0.1, 0.15) is 0 Å². The lowest BCUT2D eigenvalue weighted by Crippen LogP contribution is -2.54. The van der Waals surface area contributed by atoms with Crippen LogP contribution >= 0.6 is 24.0 Å². The van der Waals surface area contributed by atoms with E-state index in [9.17, 15) is 13.6 Å². The number of halogens is 3. The van der Waals surface area contributed by atoms with Gasteiger partial charge in [0, 0.05) is 58.3 Å². The fraction of sp³-hybridized carbons (Fsp3) is 0.636. The molecule has 2 aliphatic heterocycles. The number of benzene rings is 1. The zero-order valence-electron chi connectivity index (χ0n) is 18.4. The predicted molar refractivity (Wildman–Crippen MR) is 130 cm³/mol. The summed E-state index contributed by atoms with van der Waals surface area (Å²) in [7, 11) is 0. The van der Waals surface area contributed by atoms with E-state index in [2.05, 4.69) is 15.1 Å². The third-order valence-electron chi connectivity index (χ3n) is 5.85. The maximum Gasteiger partial charge on any atom is 0.236 e. The van der Waals surface area contributed by atoms with Gasteiger partial charge < -0.3 is 15.1 Å². The summed E-state index contributed by atoms with van der Waals surface area (Å²) in [6.07, 6.45) is 2.23. The highest BCUT2D eigenvalue weighted by Gasteiger charge is 2.24. The highest BCUT2D eigenvalue weighted by molar-refractivity contribution is 14.0. The van der Waals surface area contributed by atoms with E-state index in [0.717, 1.165) is 70.2 Å². The molecule has 0 radical (unpaired) electrons. The predicted octanol–water partition coefficient (Wildman–Crippen LogP) is 2.89. The highest BCUT2D eigenvalue weighted by Crippen LogP contribution is 2.18. The Morgan fingerprint density at radius 1 is 1.06 bits per heavy atom. The largest absolute Gasteiger partial charge is 0.357 e. The summed E-state index contributed by atoms with van der Waals surface area (Å²) in [5, 5.41) is 3.33. The zero-order chi connectivity index (χ0) is 21.5. The molecule has 1 aromatic rings. The van der Waals surface area contributed by atoms with Gasteiger partial charge in [-0.2, -0.15) is 0 Å². The van der Waals surface area contributed by atoms with Crippen LogP contribution in [0.15, 0.2) is 23.2 Å². The molecule has 1 amide bonds. The van der Waals surface area contributed by atoms with Crippen molar-refractivity contribution >= 4 is 35.8 Å². The van der Waals surface area contributed by atoms with Gasteiger partial charge in [-0.1, -0.05) is 13.0 Å². The Hall–Kier alpha value is -1.49. The molecule has 1 aromatic carbocycles. The number of hydrogen-bond donors (Lipinski definition) is 1. The molecule has 0 bridgehead atoms. The molecule has 0 saturated carbocycles. The Bertz CT molecular complexity index is 749. The molecule has 1 unspecified atom stereocenters. The molecular formula is C22H34F2IN5O. The van der Waals surface area contributed by atoms with Crippen LogP contribution in [0.5, 0.6) is 0 Å². The van der Waals surface area contributed by atoms with Gasteiger partial charge in [0.2, 0.25) is 5.91 Å². The Morgan fingerprint density at radius 2 is 1.74 bits per heavy atom.